The van der Waals surface area contributed by atoms with E-state index in [0.29, 0.717) is 22.8 Å². The van der Waals surface area contributed by atoms with Crippen molar-refractivity contribution < 1.29 is 8.42 Å². The number of rotatable bonds is 4. The zero-order valence-corrected chi connectivity index (χ0v) is 16.9. The van der Waals surface area contributed by atoms with Gasteiger partial charge in [0.15, 0.2) is 0 Å². The Morgan fingerprint density at radius 3 is 2.30 bits per heavy atom. The van der Waals surface area contributed by atoms with Gasteiger partial charge in [-0.1, -0.05) is 23.2 Å². The number of hydrogen-bond acceptors (Lipinski definition) is 5. The second-order valence-electron chi connectivity index (χ2n) is 5.79. The summed E-state index contributed by atoms with van der Waals surface area (Å²) in [6, 6.07) is 5.65. The van der Waals surface area contributed by atoms with Gasteiger partial charge in [-0.2, -0.15) is 14.9 Å². The fraction of sp³-hybridized carbons (Fsp3) is 0.188. The molecule has 2 aromatic heterocycles. The average Bonchev–Trinajstić information content (AvgIpc) is 2.86. The second-order valence-corrected chi connectivity index (χ2v) is 8.26. The number of sulfonamides is 1. The number of aromatic nitrogens is 4. The van der Waals surface area contributed by atoms with Gasteiger partial charge in [0, 0.05) is 7.05 Å². The van der Waals surface area contributed by atoms with E-state index >= 15 is 0 Å². The minimum atomic E-state index is -3.83. The topological polar surface area (TPSA) is 98.9 Å². The lowest BCUT2D eigenvalue weighted by Gasteiger charge is -2.10. The van der Waals surface area contributed by atoms with E-state index < -0.39 is 15.6 Å². The van der Waals surface area contributed by atoms with Crippen LogP contribution in [0.5, 0.6) is 0 Å². The first-order valence-electron chi connectivity index (χ1n) is 7.68. The molecule has 0 bridgehead atoms. The van der Waals surface area contributed by atoms with E-state index in [4.69, 9.17) is 23.2 Å². The van der Waals surface area contributed by atoms with Crippen LogP contribution in [0.2, 0.25) is 10.0 Å². The van der Waals surface area contributed by atoms with E-state index in [1.54, 1.807) is 25.6 Å². The zero-order valence-electron chi connectivity index (χ0n) is 14.6. The van der Waals surface area contributed by atoms with Gasteiger partial charge in [-0.05, 0) is 38.1 Å². The molecule has 0 radical (unpaired) electrons. The monoisotopic (exact) mass is 427 g/mol. The Kier molecular flexibility index (Phi) is 5.02. The van der Waals surface area contributed by atoms with Crippen LogP contribution in [-0.4, -0.2) is 28.0 Å². The molecule has 0 aliphatic rings. The van der Waals surface area contributed by atoms with E-state index in [9.17, 15) is 13.2 Å². The SMILES string of the molecule is Cc1nn(C)c(C)c1NS(=O)(=O)c1ccc(-n2ncc(Cl)c(Cl)c2=O)cc1. The van der Waals surface area contributed by atoms with Crippen molar-refractivity contribution in [2.45, 2.75) is 18.7 Å². The summed E-state index contributed by atoms with van der Waals surface area (Å²) in [5, 5.41) is 7.98. The summed E-state index contributed by atoms with van der Waals surface area (Å²) in [4.78, 5) is 12.2. The largest absolute Gasteiger partial charge is 0.291 e. The molecule has 0 spiro atoms. The van der Waals surface area contributed by atoms with Crippen LogP contribution in [0.15, 0.2) is 40.2 Å². The highest BCUT2D eigenvalue weighted by molar-refractivity contribution is 7.92. The fourth-order valence-electron chi connectivity index (χ4n) is 2.48. The molecule has 0 amide bonds. The smallest absolute Gasteiger partial charge is 0.276 e. The molecular weight excluding hydrogens is 413 g/mol. The molecule has 8 nitrogen and oxygen atoms in total. The Morgan fingerprint density at radius 2 is 1.74 bits per heavy atom. The van der Waals surface area contributed by atoms with Crippen LogP contribution >= 0.6 is 23.2 Å². The van der Waals surface area contributed by atoms with Crippen molar-refractivity contribution in [2.75, 3.05) is 4.72 Å². The summed E-state index contributed by atoms with van der Waals surface area (Å²) in [7, 11) is -2.09. The molecule has 3 rings (SSSR count). The maximum absolute atomic E-state index is 12.7. The van der Waals surface area contributed by atoms with Gasteiger partial charge >= 0.3 is 0 Å². The van der Waals surface area contributed by atoms with Crippen LogP contribution < -0.4 is 10.3 Å². The molecule has 0 atom stereocenters. The maximum atomic E-state index is 12.7. The van der Waals surface area contributed by atoms with Crippen LogP contribution in [0.1, 0.15) is 11.4 Å². The highest BCUT2D eigenvalue weighted by Gasteiger charge is 2.19. The summed E-state index contributed by atoms with van der Waals surface area (Å²) in [5.74, 6) is 0. The van der Waals surface area contributed by atoms with E-state index in [-0.39, 0.29) is 14.9 Å². The third-order valence-electron chi connectivity index (χ3n) is 4.01. The lowest BCUT2D eigenvalue weighted by molar-refractivity contribution is 0.601. The molecule has 0 saturated carbocycles. The third kappa shape index (κ3) is 3.58. The highest BCUT2D eigenvalue weighted by atomic mass is 35.5. The van der Waals surface area contributed by atoms with Gasteiger partial charge in [-0.25, -0.2) is 8.42 Å². The first-order chi connectivity index (χ1) is 12.6. The van der Waals surface area contributed by atoms with Crippen LogP contribution in [-0.2, 0) is 17.1 Å². The van der Waals surface area contributed by atoms with Crippen LogP contribution in [0.3, 0.4) is 0 Å². The van der Waals surface area contributed by atoms with Gasteiger partial charge in [0.2, 0.25) is 0 Å². The third-order valence-corrected chi connectivity index (χ3v) is 6.13. The van der Waals surface area contributed by atoms with E-state index in [1.807, 2.05) is 0 Å². The second kappa shape index (κ2) is 6.99. The Balaban J connectivity index is 1.95. The first-order valence-corrected chi connectivity index (χ1v) is 9.92. The molecular formula is C16H15Cl2N5O3S. The first kappa shape index (κ1) is 19.4. The van der Waals surface area contributed by atoms with Crippen molar-refractivity contribution in [1.29, 1.82) is 0 Å². The Labute approximate surface area is 165 Å². The number of aryl methyl sites for hydroxylation is 2. The number of nitrogens with one attached hydrogen (secondary N) is 1. The minimum absolute atomic E-state index is 0.0296. The molecule has 0 fully saturated rings. The Morgan fingerprint density at radius 1 is 1.11 bits per heavy atom. The van der Waals surface area contributed by atoms with Crippen molar-refractivity contribution in [2.24, 2.45) is 7.05 Å². The van der Waals surface area contributed by atoms with Crippen LogP contribution in [0.25, 0.3) is 5.69 Å². The van der Waals surface area contributed by atoms with Crippen molar-refractivity contribution in [1.82, 2.24) is 19.6 Å². The zero-order chi connectivity index (χ0) is 19.9. The number of benzene rings is 1. The minimum Gasteiger partial charge on any atom is -0.276 e. The van der Waals surface area contributed by atoms with Crippen molar-refractivity contribution in [3.8, 4) is 5.69 Å². The molecule has 0 aliphatic carbocycles. The molecule has 1 aromatic carbocycles. The van der Waals surface area contributed by atoms with Crippen molar-refractivity contribution in [3.05, 3.63) is 62.2 Å². The summed E-state index contributed by atoms with van der Waals surface area (Å²) < 4.78 is 30.5. The van der Waals surface area contributed by atoms with Gasteiger partial charge in [0.25, 0.3) is 15.6 Å². The molecule has 0 saturated heterocycles. The van der Waals surface area contributed by atoms with Gasteiger partial charge < -0.3 is 0 Å². The normalized spacial score (nSPS) is 11.6. The summed E-state index contributed by atoms with van der Waals surface area (Å²) in [5.41, 5.74) is 1.45. The summed E-state index contributed by atoms with van der Waals surface area (Å²) >= 11 is 11.6. The predicted octanol–water partition coefficient (Wildman–Crippen LogP) is 2.69. The van der Waals surface area contributed by atoms with Crippen molar-refractivity contribution in [3.63, 3.8) is 0 Å². The van der Waals surface area contributed by atoms with Crippen molar-refractivity contribution >= 4 is 38.9 Å². The number of hydrogen-bond donors (Lipinski definition) is 1. The quantitative estimate of drug-likeness (QED) is 0.689. The number of halogens is 2. The molecule has 3 aromatic rings. The maximum Gasteiger partial charge on any atom is 0.291 e. The van der Waals surface area contributed by atoms with Gasteiger partial charge in [0.05, 0.1) is 38.9 Å². The average molecular weight is 428 g/mol. The van der Waals surface area contributed by atoms with Gasteiger partial charge in [-0.15, -0.1) is 0 Å². The summed E-state index contributed by atoms with van der Waals surface area (Å²) in [6.45, 7) is 3.49. The molecule has 27 heavy (non-hydrogen) atoms. The van der Waals surface area contributed by atoms with E-state index in [1.165, 1.54) is 30.5 Å². The lowest BCUT2D eigenvalue weighted by Crippen LogP contribution is -2.21. The Hall–Kier alpha value is -2.36. The van der Waals surface area contributed by atoms with Crippen LogP contribution in [0, 0.1) is 13.8 Å². The highest BCUT2D eigenvalue weighted by Crippen LogP contribution is 2.23. The van der Waals surface area contributed by atoms with E-state index in [0.717, 1.165) is 4.68 Å². The lowest BCUT2D eigenvalue weighted by atomic mass is 10.3. The standard InChI is InChI=1S/C16H15Cl2N5O3S/c1-9-15(10(2)22(3)20-9)21-27(25,26)12-6-4-11(5-7-12)23-16(24)14(18)13(17)8-19-23/h4-8,21H,1-3H3. The summed E-state index contributed by atoms with van der Waals surface area (Å²) in [6.07, 6.45) is 1.24. The number of anilines is 1. The molecule has 0 aliphatic heterocycles. The van der Waals surface area contributed by atoms with E-state index in [2.05, 4.69) is 14.9 Å². The molecule has 11 heteroatoms. The number of nitrogens with zero attached hydrogens (tertiary/aromatic N) is 4. The molecule has 0 unspecified atom stereocenters. The fourth-order valence-corrected chi connectivity index (χ4v) is 3.91. The Bertz CT molecular complexity index is 1180. The molecule has 1 N–H and O–H groups in total. The molecule has 2 heterocycles. The van der Waals surface area contributed by atoms with Gasteiger partial charge in [-0.3, -0.25) is 14.2 Å². The van der Waals surface area contributed by atoms with Gasteiger partial charge in [0.1, 0.15) is 5.02 Å². The molecule has 142 valence electrons. The van der Waals surface area contributed by atoms with Crippen LogP contribution in [0.4, 0.5) is 5.69 Å². The predicted molar refractivity (Wildman–Crippen MR) is 103 cm³/mol.